The molecule has 106 valence electrons. The summed E-state index contributed by atoms with van der Waals surface area (Å²) >= 11 is 3.06. The van der Waals surface area contributed by atoms with Gasteiger partial charge in [0.05, 0.1) is 10.4 Å². The molecule has 1 amide bonds. The van der Waals surface area contributed by atoms with Gasteiger partial charge in [0.2, 0.25) is 0 Å². The first-order chi connectivity index (χ1) is 9.49. The molecule has 0 aromatic heterocycles. The molecule has 0 spiro atoms. The number of rotatable bonds is 2. The number of benzene rings is 1. The fourth-order valence-electron chi connectivity index (χ4n) is 3.35. The van der Waals surface area contributed by atoms with Crippen LogP contribution in [0.25, 0.3) is 0 Å². The van der Waals surface area contributed by atoms with Gasteiger partial charge in [0.1, 0.15) is 5.82 Å². The predicted octanol–water partition coefficient (Wildman–Crippen LogP) is 2.67. The maximum absolute atomic E-state index is 13.2. The summed E-state index contributed by atoms with van der Waals surface area (Å²) in [6.07, 6.45) is 2.10. The zero-order valence-corrected chi connectivity index (χ0v) is 12.1. The molecule has 2 saturated heterocycles. The Balaban J connectivity index is 1.88. The van der Waals surface area contributed by atoms with Crippen LogP contribution in [-0.2, 0) is 4.79 Å². The Morgan fingerprint density at radius 2 is 2.10 bits per heavy atom. The van der Waals surface area contributed by atoms with Crippen molar-refractivity contribution in [3.63, 3.8) is 0 Å². The molecule has 3 rings (SSSR count). The van der Waals surface area contributed by atoms with E-state index in [2.05, 4.69) is 15.9 Å². The van der Waals surface area contributed by atoms with Gasteiger partial charge in [-0.3, -0.25) is 9.59 Å². The third kappa shape index (κ3) is 2.02. The minimum Gasteiger partial charge on any atom is -0.481 e. The minimum atomic E-state index is -0.838. The standard InChI is InChI=1S/C14H13BrFNO3/c15-10-5-7(1-3-11(10)16)13(18)17-8-2-4-12(17)9(6-8)14(19)20/h1,3,5,8-9,12H,2,4,6H2,(H,19,20). The quantitative estimate of drug-likeness (QED) is 0.899. The van der Waals surface area contributed by atoms with Gasteiger partial charge in [-0.05, 0) is 53.4 Å². The van der Waals surface area contributed by atoms with Gasteiger partial charge in [-0.1, -0.05) is 0 Å². The highest BCUT2D eigenvalue weighted by molar-refractivity contribution is 9.10. The van der Waals surface area contributed by atoms with Crippen molar-refractivity contribution in [3.8, 4) is 0 Å². The van der Waals surface area contributed by atoms with E-state index in [-0.39, 0.29) is 22.5 Å². The molecule has 2 bridgehead atoms. The van der Waals surface area contributed by atoms with Crippen molar-refractivity contribution in [1.82, 2.24) is 4.90 Å². The van der Waals surface area contributed by atoms with Gasteiger partial charge in [-0.25, -0.2) is 4.39 Å². The summed E-state index contributed by atoms with van der Waals surface area (Å²) in [6, 6.07) is 3.90. The molecule has 0 radical (unpaired) electrons. The Morgan fingerprint density at radius 3 is 2.70 bits per heavy atom. The number of fused-ring (bicyclic) bond motifs is 2. The van der Waals surface area contributed by atoms with Gasteiger partial charge < -0.3 is 10.0 Å². The fraction of sp³-hybridized carbons (Fsp3) is 0.429. The van der Waals surface area contributed by atoms with Crippen LogP contribution in [0.1, 0.15) is 29.6 Å². The summed E-state index contributed by atoms with van der Waals surface area (Å²) in [5.74, 6) is -1.94. The van der Waals surface area contributed by atoms with Crippen molar-refractivity contribution < 1.29 is 19.1 Å². The van der Waals surface area contributed by atoms with E-state index in [0.29, 0.717) is 12.0 Å². The number of hydrogen-bond donors (Lipinski definition) is 1. The van der Waals surface area contributed by atoms with Gasteiger partial charge >= 0.3 is 5.97 Å². The Bertz CT molecular complexity index is 592. The van der Waals surface area contributed by atoms with Gasteiger partial charge in [-0.2, -0.15) is 0 Å². The van der Waals surface area contributed by atoms with Crippen LogP contribution in [0.4, 0.5) is 4.39 Å². The second-order valence-electron chi connectivity index (χ2n) is 5.32. The molecule has 2 aliphatic heterocycles. The molecule has 20 heavy (non-hydrogen) atoms. The first-order valence-corrected chi connectivity index (χ1v) is 7.29. The summed E-state index contributed by atoms with van der Waals surface area (Å²) in [4.78, 5) is 25.4. The summed E-state index contributed by atoms with van der Waals surface area (Å²) in [5, 5.41) is 9.19. The van der Waals surface area contributed by atoms with E-state index < -0.39 is 17.7 Å². The molecule has 2 fully saturated rings. The number of nitrogens with zero attached hydrogens (tertiary/aromatic N) is 1. The van der Waals surface area contributed by atoms with Crippen LogP contribution >= 0.6 is 15.9 Å². The number of halogens is 2. The van der Waals surface area contributed by atoms with Crippen molar-refractivity contribution in [2.45, 2.75) is 31.3 Å². The maximum Gasteiger partial charge on any atom is 0.308 e. The largest absolute Gasteiger partial charge is 0.481 e. The minimum absolute atomic E-state index is 0.00238. The molecule has 4 nitrogen and oxygen atoms in total. The molecule has 6 heteroatoms. The number of carboxylic acids is 1. The van der Waals surface area contributed by atoms with Crippen molar-refractivity contribution in [3.05, 3.63) is 34.1 Å². The van der Waals surface area contributed by atoms with Crippen LogP contribution in [0.2, 0.25) is 0 Å². The van der Waals surface area contributed by atoms with E-state index in [1.807, 2.05) is 0 Å². The Morgan fingerprint density at radius 1 is 1.35 bits per heavy atom. The van der Waals surface area contributed by atoms with Crippen molar-refractivity contribution in [1.29, 1.82) is 0 Å². The monoisotopic (exact) mass is 341 g/mol. The Labute approximate surface area is 123 Å². The third-order valence-corrected chi connectivity index (χ3v) is 4.86. The van der Waals surface area contributed by atoms with E-state index >= 15 is 0 Å². The van der Waals surface area contributed by atoms with Gasteiger partial charge in [0.15, 0.2) is 0 Å². The lowest BCUT2D eigenvalue weighted by molar-refractivity contribution is -0.142. The smallest absolute Gasteiger partial charge is 0.308 e. The van der Waals surface area contributed by atoms with Crippen LogP contribution in [0.15, 0.2) is 22.7 Å². The molecule has 2 aliphatic rings. The number of carbonyl (C=O) groups excluding carboxylic acids is 1. The van der Waals surface area contributed by atoms with E-state index in [9.17, 15) is 19.1 Å². The lowest BCUT2D eigenvalue weighted by Gasteiger charge is -2.23. The molecule has 0 saturated carbocycles. The summed E-state index contributed by atoms with van der Waals surface area (Å²) in [7, 11) is 0. The molecule has 3 atom stereocenters. The number of carboxylic acid groups (broad SMARTS) is 1. The van der Waals surface area contributed by atoms with Crippen LogP contribution in [-0.4, -0.2) is 34.0 Å². The lowest BCUT2D eigenvalue weighted by Crippen LogP contribution is -2.37. The Kier molecular flexibility index (Phi) is 3.28. The number of hydrogen-bond acceptors (Lipinski definition) is 2. The summed E-state index contributed by atoms with van der Waals surface area (Å²) in [6.45, 7) is 0. The van der Waals surface area contributed by atoms with Crippen molar-refractivity contribution in [2.75, 3.05) is 0 Å². The topological polar surface area (TPSA) is 57.6 Å². The second-order valence-corrected chi connectivity index (χ2v) is 6.17. The lowest BCUT2D eigenvalue weighted by atomic mass is 9.89. The van der Waals surface area contributed by atoms with Crippen LogP contribution in [0.5, 0.6) is 0 Å². The van der Waals surface area contributed by atoms with Crippen molar-refractivity contribution >= 4 is 27.8 Å². The first-order valence-electron chi connectivity index (χ1n) is 6.49. The summed E-state index contributed by atoms with van der Waals surface area (Å²) < 4.78 is 13.5. The van der Waals surface area contributed by atoms with Crippen molar-refractivity contribution in [2.24, 2.45) is 5.92 Å². The first kappa shape index (κ1) is 13.5. The number of amides is 1. The predicted molar refractivity (Wildman–Crippen MR) is 72.8 cm³/mol. The highest BCUT2D eigenvalue weighted by Crippen LogP contribution is 2.42. The average molecular weight is 342 g/mol. The summed E-state index contributed by atoms with van der Waals surface area (Å²) in [5.41, 5.74) is 0.390. The molecule has 3 unspecified atom stereocenters. The molecule has 2 heterocycles. The maximum atomic E-state index is 13.2. The third-order valence-electron chi connectivity index (χ3n) is 4.26. The molecular weight excluding hydrogens is 329 g/mol. The Hall–Kier alpha value is -1.43. The van der Waals surface area contributed by atoms with Gasteiger partial charge in [-0.15, -0.1) is 0 Å². The van der Waals surface area contributed by atoms with E-state index in [1.165, 1.54) is 18.2 Å². The van der Waals surface area contributed by atoms with Crippen LogP contribution in [0.3, 0.4) is 0 Å². The zero-order chi connectivity index (χ0) is 14.4. The molecule has 1 aromatic rings. The average Bonchev–Trinajstić information content (AvgIpc) is 2.98. The van der Waals surface area contributed by atoms with E-state index in [4.69, 9.17) is 0 Å². The van der Waals surface area contributed by atoms with Gasteiger partial charge in [0, 0.05) is 17.6 Å². The molecular formula is C14H13BrFNO3. The van der Waals surface area contributed by atoms with Crippen LogP contribution in [0, 0.1) is 11.7 Å². The highest BCUT2D eigenvalue weighted by Gasteiger charge is 2.51. The highest BCUT2D eigenvalue weighted by atomic mass is 79.9. The van der Waals surface area contributed by atoms with E-state index in [1.54, 1.807) is 4.90 Å². The van der Waals surface area contributed by atoms with Gasteiger partial charge in [0.25, 0.3) is 5.91 Å². The number of aliphatic carboxylic acids is 1. The molecule has 1 aromatic carbocycles. The molecule has 0 aliphatic carbocycles. The SMILES string of the molecule is O=C(O)C1CC2CCC1N2C(=O)c1ccc(F)c(Br)c1. The zero-order valence-electron chi connectivity index (χ0n) is 10.6. The normalized spacial score (nSPS) is 27.9. The second kappa shape index (κ2) is 4.84. The fourth-order valence-corrected chi connectivity index (χ4v) is 3.73. The number of carbonyl (C=O) groups is 2. The van der Waals surface area contributed by atoms with Crippen LogP contribution < -0.4 is 0 Å². The molecule has 1 N–H and O–H groups in total. The van der Waals surface area contributed by atoms with E-state index in [0.717, 1.165) is 12.8 Å².